The second-order valence-electron chi connectivity index (χ2n) is 4.41. The Hall–Kier alpha value is -2.04. The zero-order chi connectivity index (χ0) is 15.0. The Balaban J connectivity index is 2.54. The summed E-state index contributed by atoms with van der Waals surface area (Å²) in [4.78, 5) is 23.1. The average Bonchev–Trinajstić information content (AvgIpc) is 2.45. The van der Waals surface area contributed by atoms with Crippen LogP contribution in [0.2, 0.25) is 0 Å². The molecule has 1 aromatic carbocycles. The van der Waals surface area contributed by atoms with Crippen molar-refractivity contribution in [2.24, 2.45) is 0 Å². The molecule has 1 unspecified atom stereocenters. The fourth-order valence-corrected chi connectivity index (χ4v) is 1.49. The molecule has 1 aromatic rings. The molecule has 110 valence electrons. The highest BCUT2D eigenvalue weighted by Gasteiger charge is 2.09. The monoisotopic (exact) mass is 279 g/mol. The van der Waals surface area contributed by atoms with E-state index in [-0.39, 0.29) is 18.6 Å². The predicted octanol–water partition coefficient (Wildman–Crippen LogP) is 2.16. The van der Waals surface area contributed by atoms with Crippen molar-refractivity contribution in [1.29, 1.82) is 0 Å². The van der Waals surface area contributed by atoms with Crippen LogP contribution in [0.5, 0.6) is 5.75 Å². The third-order valence-electron chi connectivity index (χ3n) is 2.73. The van der Waals surface area contributed by atoms with Crippen molar-refractivity contribution in [3.63, 3.8) is 0 Å². The predicted molar refractivity (Wildman–Crippen MR) is 75.8 cm³/mol. The van der Waals surface area contributed by atoms with Gasteiger partial charge in [-0.05, 0) is 38.5 Å². The number of carbonyl (C=O) groups is 2. The van der Waals surface area contributed by atoms with Crippen LogP contribution in [0.15, 0.2) is 24.3 Å². The highest BCUT2D eigenvalue weighted by atomic mass is 16.5. The number of ether oxygens (including phenoxy) is 2. The number of amides is 1. The summed E-state index contributed by atoms with van der Waals surface area (Å²) in [7, 11) is 0. The first-order chi connectivity index (χ1) is 9.56. The fourth-order valence-electron chi connectivity index (χ4n) is 1.49. The van der Waals surface area contributed by atoms with Gasteiger partial charge in [-0.25, -0.2) is 4.79 Å². The Morgan fingerprint density at radius 2 is 2.05 bits per heavy atom. The van der Waals surface area contributed by atoms with Gasteiger partial charge in [0.05, 0.1) is 12.2 Å². The molecular weight excluding hydrogens is 258 g/mol. The van der Waals surface area contributed by atoms with Gasteiger partial charge in [0.2, 0.25) is 0 Å². The van der Waals surface area contributed by atoms with Gasteiger partial charge in [-0.15, -0.1) is 0 Å². The molecule has 1 rings (SSSR count). The zero-order valence-electron chi connectivity index (χ0n) is 12.1. The van der Waals surface area contributed by atoms with Crippen LogP contribution < -0.4 is 10.1 Å². The van der Waals surface area contributed by atoms with E-state index in [2.05, 4.69) is 5.32 Å². The van der Waals surface area contributed by atoms with E-state index in [1.165, 1.54) is 0 Å². The zero-order valence-corrected chi connectivity index (χ0v) is 12.1. The van der Waals surface area contributed by atoms with Crippen molar-refractivity contribution in [2.75, 3.05) is 13.2 Å². The minimum atomic E-state index is -0.401. The maximum Gasteiger partial charge on any atom is 0.338 e. The Bertz CT molecular complexity index is 459. The summed E-state index contributed by atoms with van der Waals surface area (Å²) < 4.78 is 10.3. The summed E-state index contributed by atoms with van der Waals surface area (Å²) in [6.45, 7) is 5.92. The van der Waals surface area contributed by atoms with Crippen molar-refractivity contribution in [1.82, 2.24) is 5.32 Å². The Morgan fingerprint density at radius 3 is 2.70 bits per heavy atom. The maximum atomic E-state index is 11.6. The van der Waals surface area contributed by atoms with Gasteiger partial charge in [0.25, 0.3) is 5.91 Å². The van der Waals surface area contributed by atoms with E-state index in [0.717, 1.165) is 6.42 Å². The van der Waals surface area contributed by atoms with Crippen LogP contribution in [0.3, 0.4) is 0 Å². The smallest absolute Gasteiger partial charge is 0.338 e. The van der Waals surface area contributed by atoms with Crippen molar-refractivity contribution >= 4 is 11.9 Å². The number of esters is 1. The van der Waals surface area contributed by atoms with Gasteiger partial charge < -0.3 is 14.8 Å². The van der Waals surface area contributed by atoms with Crippen molar-refractivity contribution in [3.8, 4) is 5.75 Å². The van der Waals surface area contributed by atoms with Crippen LogP contribution in [-0.2, 0) is 9.53 Å². The quantitative estimate of drug-likeness (QED) is 0.777. The molecule has 0 bridgehead atoms. The van der Waals surface area contributed by atoms with Crippen LogP contribution in [0.1, 0.15) is 37.6 Å². The summed E-state index contributed by atoms with van der Waals surface area (Å²) in [5, 5.41) is 2.80. The molecule has 0 aliphatic rings. The third-order valence-corrected chi connectivity index (χ3v) is 2.73. The minimum Gasteiger partial charge on any atom is -0.484 e. The molecule has 0 aliphatic carbocycles. The van der Waals surface area contributed by atoms with Gasteiger partial charge in [0.15, 0.2) is 6.61 Å². The summed E-state index contributed by atoms with van der Waals surface area (Å²) in [5.41, 5.74) is 0.409. The molecule has 0 aromatic heterocycles. The molecule has 0 aliphatic heterocycles. The van der Waals surface area contributed by atoms with Crippen molar-refractivity contribution < 1.29 is 19.1 Å². The molecule has 0 saturated carbocycles. The second-order valence-corrected chi connectivity index (χ2v) is 4.41. The normalized spacial score (nSPS) is 11.6. The average molecular weight is 279 g/mol. The Labute approximate surface area is 119 Å². The largest absolute Gasteiger partial charge is 0.484 e. The molecule has 1 atom stereocenters. The SMILES string of the molecule is CCOC(=O)c1cccc(OCC(=O)NC(C)CC)c1. The maximum absolute atomic E-state index is 11.6. The van der Waals surface area contributed by atoms with Crippen LogP contribution in [0, 0.1) is 0 Å². The van der Waals surface area contributed by atoms with Crippen LogP contribution in [0.25, 0.3) is 0 Å². The lowest BCUT2D eigenvalue weighted by molar-refractivity contribution is -0.123. The Kier molecular flexibility index (Phi) is 6.56. The number of benzene rings is 1. The topological polar surface area (TPSA) is 64.6 Å². The molecule has 1 amide bonds. The summed E-state index contributed by atoms with van der Waals surface area (Å²) >= 11 is 0. The van der Waals surface area contributed by atoms with E-state index in [1.54, 1.807) is 31.2 Å². The van der Waals surface area contributed by atoms with Crippen LogP contribution in [0.4, 0.5) is 0 Å². The summed E-state index contributed by atoms with van der Waals surface area (Å²) in [5.74, 6) is -0.113. The van der Waals surface area contributed by atoms with Gasteiger partial charge in [-0.1, -0.05) is 13.0 Å². The number of nitrogens with one attached hydrogen (secondary N) is 1. The van der Waals surface area contributed by atoms with E-state index in [9.17, 15) is 9.59 Å². The minimum absolute atomic E-state index is 0.0728. The highest BCUT2D eigenvalue weighted by Crippen LogP contribution is 2.14. The third kappa shape index (κ3) is 5.30. The van der Waals surface area contributed by atoms with E-state index in [1.807, 2.05) is 13.8 Å². The number of carbonyl (C=O) groups excluding carboxylic acids is 2. The second kappa shape index (κ2) is 8.19. The lowest BCUT2D eigenvalue weighted by atomic mass is 10.2. The van der Waals surface area contributed by atoms with Crippen molar-refractivity contribution in [2.45, 2.75) is 33.2 Å². The standard InChI is InChI=1S/C15H21NO4/c1-4-11(3)16-14(17)10-20-13-8-6-7-12(9-13)15(18)19-5-2/h6-9,11H,4-5,10H2,1-3H3,(H,16,17). The molecule has 5 nitrogen and oxygen atoms in total. The van der Waals surface area contributed by atoms with E-state index in [4.69, 9.17) is 9.47 Å². The number of hydrogen-bond acceptors (Lipinski definition) is 4. The van der Waals surface area contributed by atoms with Gasteiger partial charge in [0, 0.05) is 6.04 Å². The first kappa shape index (κ1) is 16.0. The fraction of sp³-hybridized carbons (Fsp3) is 0.467. The van der Waals surface area contributed by atoms with Gasteiger partial charge >= 0.3 is 5.97 Å². The van der Waals surface area contributed by atoms with Gasteiger partial charge in [-0.3, -0.25) is 4.79 Å². The molecule has 20 heavy (non-hydrogen) atoms. The molecule has 0 heterocycles. The molecule has 5 heteroatoms. The lowest BCUT2D eigenvalue weighted by Crippen LogP contribution is -2.35. The number of hydrogen-bond donors (Lipinski definition) is 1. The number of rotatable bonds is 7. The molecular formula is C15H21NO4. The molecule has 0 spiro atoms. The van der Waals surface area contributed by atoms with E-state index < -0.39 is 5.97 Å². The Morgan fingerprint density at radius 1 is 1.30 bits per heavy atom. The van der Waals surface area contributed by atoms with Crippen LogP contribution in [-0.4, -0.2) is 31.1 Å². The lowest BCUT2D eigenvalue weighted by Gasteiger charge is -2.12. The van der Waals surface area contributed by atoms with Gasteiger partial charge in [0.1, 0.15) is 5.75 Å². The first-order valence-electron chi connectivity index (χ1n) is 6.76. The van der Waals surface area contributed by atoms with Crippen LogP contribution >= 0.6 is 0 Å². The van der Waals surface area contributed by atoms with Crippen molar-refractivity contribution in [3.05, 3.63) is 29.8 Å². The summed E-state index contributed by atoms with van der Waals surface area (Å²) in [6.07, 6.45) is 0.865. The molecule has 0 saturated heterocycles. The molecule has 0 radical (unpaired) electrons. The first-order valence-corrected chi connectivity index (χ1v) is 6.76. The van der Waals surface area contributed by atoms with E-state index in [0.29, 0.717) is 17.9 Å². The van der Waals surface area contributed by atoms with E-state index >= 15 is 0 Å². The van der Waals surface area contributed by atoms with Gasteiger partial charge in [-0.2, -0.15) is 0 Å². The summed E-state index contributed by atoms with van der Waals surface area (Å²) in [6, 6.07) is 6.71. The molecule has 0 fully saturated rings. The highest BCUT2D eigenvalue weighted by molar-refractivity contribution is 5.89. The molecule has 1 N–H and O–H groups in total.